The first-order valence-corrected chi connectivity index (χ1v) is 6.41. The van der Waals surface area contributed by atoms with Gasteiger partial charge in [0, 0.05) is 18.5 Å². The minimum atomic E-state index is 0.00852. The van der Waals surface area contributed by atoms with Gasteiger partial charge in [-0.1, -0.05) is 6.92 Å². The second-order valence-corrected chi connectivity index (χ2v) is 5.06. The maximum Gasteiger partial charge on any atom is 0.267 e. The molecule has 0 N–H and O–H groups in total. The molecule has 0 saturated carbocycles. The summed E-state index contributed by atoms with van der Waals surface area (Å²) in [6.07, 6.45) is 1.56. The van der Waals surface area contributed by atoms with E-state index in [0.29, 0.717) is 4.47 Å². The molecule has 0 aliphatic heterocycles. The van der Waals surface area contributed by atoms with Gasteiger partial charge in [-0.15, -0.1) is 0 Å². The third kappa shape index (κ3) is 2.85. The third-order valence-corrected chi connectivity index (χ3v) is 3.29. The number of thioether (sulfide) groups is 1. The molecule has 0 spiro atoms. The second kappa shape index (κ2) is 5.56. The monoisotopic (exact) mass is 276 g/mol. The first kappa shape index (κ1) is 11.8. The second-order valence-electron chi connectivity index (χ2n) is 2.81. The van der Waals surface area contributed by atoms with Gasteiger partial charge in [0.1, 0.15) is 10.3 Å². The van der Waals surface area contributed by atoms with Crippen LogP contribution in [0.25, 0.3) is 0 Å². The van der Waals surface area contributed by atoms with Crippen LogP contribution in [0.15, 0.2) is 15.5 Å². The Kier molecular flexibility index (Phi) is 4.68. The Labute approximate surface area is 96.1 Å². The van der Waals surface area contributed by atoms with Crippen LogP contribution in [0.4, 0.5) is 0 Å². The minimum Gasteiger partial charge on any atom is -0.295 e. The largest absolute Gasteiger partial charge is 0.295 e. The van der Waals surface area contributed by atoms with Crippen molar-refractivity contribution >= 4 is 27.7 Å². The molecule has 0 unspecified atom stereocenters. The molecule has 0 saturated heterocycles. The fourth-order valence-electron chi connectivity index (χ4n) is 1.11. The Balaban J connectivity index is 2.84. The summed E-state index contributed by atoms with van der Waals surface area (Å²) in [4.78, 5) is 15.8. The number of rotatable bonds is 4. The predicted octanol–water partition coefficient (Wildman–Crippen LogP) is 2.07. The van der Waals surface area contributed by atoms with Crippen LogP contribution in [-0.4, -0.2) is 21.1 Å². The highest BCUT2D eigenvalue weighted by molar-refractivity contribution is 9.10. The maximum atomic E-state index is 11.7. The van der Waals surface area contributed by atoms with Crippen LogP contribution in [0.3, 0.4) is 0 Å². The number of halogens is 1. The highest BCUT2D eigenvalue weighted by Gasteiger charge is 2.04. The number of aryl methyl sites for hydroxylation is 1. The Hall–Kier alpha value is -0.290. The number of aromatic nitrogens is 2. The predicted molar refractivity (Wildman–Crippen MR) is 63.9 cm³/mol. The zero-order valence-corrected chi connectivity index (χ0v) is 10.7. The van der Waals surface area contributed by atoms with E-state index in [0.717, 1.165) is 23.9 Å². The van der Waals surface area contributed by atoms with Crippen molar-refractivity contribution in [3.05, 3.63) is 26.8 Å². The molecule has 0 aliphatic rings. The molecule has 0 radical (unpaired) electrons. The molecular weight excluding hydrogens is 264 g/mol. The van der Waals surface area contributed by atoms with E-state index in [1.807, 2.05) is 18.7 Å². The zero-order chi connectivity index (χ0) is 10.6. The van der Waals surface area contributed by atoms with Gasteiger partial charge in [-0.3, -0.25) is 9.36 Å². The first-order valence-electron chi connectivity index (χ1n) is 4.46. The van der Waals surface area contributed by atoms with Crippen LogP contribution in [0.1, 0.15) is 12.7 Å². The fourth-order valence-corrected chi connectivity index (χ4v) is 2.03. The van der Waals surface area contributed by atoms with Gasteiger partial charge in [-0.2, -0.15) is 11.8 Å². The number of hydrogen-bond acceptors (Lipinski definition) is 3. The number of hydrogen-bond donors (Lipinski definition) is 0. The summed E-state index contributed by atoms with van der Waals surface area (Å²) in [5, 5.41) is 0. The van der Waals surface area contributed by atoms with Crippen molar-refractivity contribution in [3.63, 3.8) is 0 Å². The van der Waals surface area contributed by atoms with Crippen LogP contribution < -0.4 is 5.56 Å². The molecule has 0 atom stereocenters. The van der Waals surface area contributed by atoms with E-state index >= 15 is 0 Å². The number of nitrogens with zero attached hydrogens (tertiary/aromatic N) is 2. The molecule has 0 fully saturated rings. The van der Waals surface area contributed by atoms with Crippen molar-refractivity contribution in [1.82, 2.24) is 9.55 Å². The summed E-state index contributed by atoms with van der Waals surface area (Å²) in [5.74, 6) is 2.81. The lowest BCUT2D eigenvalue weighted by molar-refractivity contribution is 0.676. The van der Waals surface area contributed by atoms with E-state index in [4.69, 9.17) is 0 Å². The summed E-state index contributed by atoms with van der Waals surface area (Å²) < 4.78 is 2.23. The molecule has 78 valence electrons. The molecule has 0 bridgehead atoms. The van der Waals surface area contributed by atoms with Crippen molar-refractivity contribution in [2.24, 2.45) is 0 Å². The van der Waals surface area contributed by atoms with Gasteiger partial charge in [-0.25, -0.2) is 4.98 Å². The molecule has 1 aromatic rings. The van der Waals surface area contributed by atoms with Crippen molar-refractivity contribution in [3.8, 4) is 0 Å². The van der Waals surface area contributed by atoms with Gasteiger partial charge in [0.05, 0.1) is 0 Å². The maximum absolute atomic E-state index is 11.7. The topological polar surface area (TPSA) is 34.9 Å². The van der Waals surface area contributed by atoms with Gasteiger partial charge in [0.15, 0.2) is 0 Å². The molecule has 0 amide bonds. The van der Waals surface area contributed by atoms with Gasteiger partial charge in [0.25, 0.3) is 5.56 Å². The van der Waals surface area contributed by atoms with Crippen LogP contribution in [-0.2, 0) is 6.54 Å². The summed E-state index contributed by atoms with van der Waals surface area (Å²) in [6.45, 7) is 4.69. The van der Waals surface area contributed by atoms with Crippen molar-refractivity contribution in [1.29, 1.82) is 0 Å². The molecule has 0 aliphatic carbocycles. The van der Waals surface area contributed by atoms with E-state index in [2.05, 4.69) is 27.8 Å². The summed E-state index contributed by atoms with van der Waals surface area (Å²) in [7, 11) is 0. The van der Waals surface area contributed by atoms with Crippen LogP contribution in [0, 0.1) is 6.92 Å². The van der Waals surface area contributed by atoms with Gasteiger partial charge in [-0.05, 0) is 28.6 Å². The van der Waals surface area contributed by atoms with Crippen molar-refractivity contribution in [2.75, 3.05) is 11.5 Å². The van der Waals surface area contributed by atoms with E-state index in [9.17, 15) is 4.79 Å². The molecule has 1 rings (SSSR count). The minimum absolute atomic E-state index is 0.00852. The third-order valence-electron chi connectivity index (χ3n) is 1.87. The van der Waals surface area contributed by atoms with Gasteiger partial charge >= 0.3 is 0 Å². The van der Waals surface area contributed by atoms with Crippen LogP contribution >= 0.6 is 27.7 Å². The van der Waals surface area contributed by atoms with E-state index < -0.39 is 0 Å². The molecule has 14 heavy (non-hydrogen) atoms. The summed E-state index contributed by atoms with van der Waals surface area (Å²) >= 11 is 5.01. The zero-order valence-electron chi connectivity index (χ0n) is 8.29. The quantitative estimate of drug-likeness (QED) is 0.790. The highest BCUT2D eigenvalue weighted by Crippen LogP contribution is 2.04. The van der Waals surface area contributed by atoms with E-state index in [-0.39, 0.29) is 5.56 Å². The Bertz CT molecular complexity index is 364. The van der Waals surface area contributed by atoms with Gasteiger partial charge < -0.3 is 0 Å². The Morgan fingerprint density at radius 3 is 3.00 bits per heavy atom. The molecule has 5 heteroatoms. The lowest BCUT2D eigenvalue weighted by Gasteiger charge is -2.08. The lowest BCUT2D eigenvalue weighted by atomic mass is 10.5. The first-order chi connectivity index (χ1) is 6.66. The Morgan fingerprint density at radius 2 is 2.36 bits per heavy atom. The highest BCUT2D eigenvalue weighted by atomic mass is 79.9. The van der Waals surface area contributed by atoms with Crippen LogP contribution in [0.5, 0.6) is 0 Å². The summed E-state index contributed by atoms with van der Waals surface area (Å²) in [6, 6.07) is 0. The van der Waals surface area contributed by atoms with E-state index in [1.165, 1.54) is 0 Å². The van der Waals surface area contributed by atoms with Crippen LogP contribution in [0.2, 0.25) is 0 Å². The van der Waals surface area contributed by atoms with E-state index in [1.54, 1.807) is 10.8 Å². The Morgan fingerprint density at radius 1 is 1.64 bits per heavy atom. The fraction of sp³-hybridized carbons (Fsp3) is 0.556. The molecule has 1 heterocycles. The molecular formula is C9H13BrN2OS. The summed E-state index contributed by atoms with van der Waals surface area (Å²) in [5.41, 5.74) is 0.00852. The van der Waals surface area contributed by atoms with Gasteiger partial charge in [0.2, 0.25) is 0 Å². The van der Waals surface area contributed by atoms with Crippen molar-refractivity contribution in [2.45, 2.75) is 20.4 Å². The van der Waals surface area contributed by atoms with Crippen molar-refractivity contribution < 1.29 is 0 Å². The average molecular weight is 277 g/mol. The molecule has 1 aromatic heterocycles. The molecule has 0 aromatic carbocycles. The average Bonchev–Trinajstić information content (AvgIpc) is 2.18. The normalized spacial score (nSPS) is 10.5. The molecule has 3 nitrogen and oxygen atoms in total. The standard InChI is InChI=1S/C9H13BrN2OS/c1-3-14-5-4-12-7(2)11-6-8(10)9(12)13/h6H,3-5H2,1-2H3. The lowest BCUT2D eigenvalue weighted by Crippen LogP contribution is -2.24. The SMILES string of the molecule is CCSCCn1c(C)ncc(Br)c1=O. The smallest absolute Gasteiger partial charge is 0.267 e.